The van der Waals surface area contributed by atoms with E-state index in [0.717, 1.165) is 25.9 Å². The van der Waals surface area contributed by atoms with E-state index in [2.05, 4.69) is 35.8 Å². The molecule has 1 saturated heterocycles. The Bertz CT molecular complexity index is 661. The van der Waals surface area contributed by atoms with Crippen molar-refractivity contribution in [3.63, 3.8) is 0 Å². The quantitative estimate of drug-likeness (QED) is 0.797. The average molecular weight is 372 g/mol. The first kappa shape index (κ1) is 14.7. The van der Waals surface area contributed by atoms with Crippen LogP contribution in [-0.4, -0.2) is 28.0 Å². The van der Waals surface area contributed by atoms with Crippen LogP contribution in [0.15, 0.2) is 22.7 Å². The lowest BCUT2D eigenvalue weighted by molar-refractivity contribution is 0.567. The van der Waals surface area contributed by atoms with Crippen LogP contribution in [0.4, 0.5) is 10.3 Å². The number of halogens is 3. The van der Waals surface area contributed by atoms with E-state index in [0.29, 0.717) is 16.0 Å². The zero-order valence-electron chi connectivity index (χ0n) is 11.2. The highest BCUT2D eigenvalue weighted by molar-refractivity contribution is 9.10. The van der Waals surface area contributed by atoms with E-state index in [-0.39, 0.29) is 11.1 Å². The van der Waals surface area contributed by atoms with Crippen LogP contribution in [0.25, 0.3) is 11.4 Å². The number of benzene rings is 1. The molecule has 1 aromatic carbocycles. The first-order valence-corrected chi connectivity index (χ1v) is 7.93. The van der Waals surface area contributed by atoms with Crippen molar-refractivity contribution in [1.82, 2.24) is 15.0 Å². The summed E-state index contributed by atoms with van der Waals surface area (Å²) in [4.78, 5) is 14.7. The molecule has 2 aromatic rings. The maximum atomic E-state index is 14.2. The number of hydrogen-bond donors (Lipinski definition) is 0. The molecule has 1 aliphatic rings. The molecule has 0 spiro atoms. The largest absolute Gasteiger partial charge is 0.341 e. The zero-order valence-corrected chi connectivity index (χ0v) is 13.5. The topological polar surface area (TPSA) is 41.9 Å². The van der Waals surface area contributed by atoms with Gasteiger partial charge in [-0.3, -0.25) is 0 Å². The minimum atomic E-state index is -0.399. The summed E-state index contributed by atoms with van der Waals surface area (Å²) in [6.07, 6.45) is 3.41. The van der Waals surface area contributed by atoms with Crippen molar-refractivity contribution >= 4 is 33.5 Å². The summed E-state index contributed by atoms with van der Waals surface area (Å²) in [6, 6.07) is 5.00. The minimum Gasteiger partial charge on any atom is -0.341 e. The van der Waals surface area contributed by atoms with E-state index in [1.54, 1.807) is 18.2 Å². The van der Waals surface area contributed by atoms with Crippen LogP contribution in [0.3, 0.4) is 0 Å². The molecule has 110 valence electrons. The average Bonchev–Trinajstić information content (AvgIpc) is 2.50. The molecular weight excluding hydrogens is 359 g/mol. The maximum absolute atomic E-state index is 14.2. The number of piperidine rings is 1. The molecule has 3 rings (SSSR count). The fourth-order valence-electron chi connectivity index (χ4n) is 2.37. The van der Waals surface area contributed by atoms with Gasteiger partial charge in [0.15, 0.2) is 5.82 Å². The van der Waals surface area contributed by atoms with E-state index in [1.807, 2.05) is 0 Å². The molecular formula is C14H13BrClFN4. The van der Waals surface area contributed by atoms with Crippen LogP contribution in [0.5, 0.6) is 0 Å². The SMILES string of the molecule is Fc1c(Br)cccc1-c1nc(Cl)nc(N2CCCCC2)n1. The molecule has 7 heteroatoms. The summed E-state index contributed by atoms with van der Waals surface area (Å²) in [5.74, 6) is 0.378. The fourth-order valence-corrected chi connectivity index (χ4v) is 2.89. The number of nitrogens with zero attached hydrogens (tertiary/aromatic N) is 4. The fraction of sp³-hybridized carbons (Fsp3) is 0.357. The van der Waals surface area contributed by atoms with Crippen molar-refractivity contribution in [2.45, 2.75) is 19.3 Å². The second-order valence-corrected chi connectivity index (χ2v) is 6.07. The molecule has 1 aromatic heterocycles. The van der Waals surface area contributed by atoms with Gasteiger partial charge in [0.05, 0.1) is 10.0 Å². The molecule has 0 amide bonds. The first-order chi connectivity index (χ1) is 10.1. The predicted molar refractivity (Wildman–Crippen MR) is 84.0 cm³/mol. The Hall–Kier alpha value is -1.27. The molecule has 0 atom stereocenters. The zero-order chi connectivity index (χ0) is 14.8. The third kappa shape index (κ3) is 3.16. The highest BCUT2D eigenvalue weighted by atomic mass is 79.9. The monoisotopic (exact) mass is 370 g/mol. The van der Waals surface area contributed by atoms with E-state index in [1.165, 1.54) is 6.42 Å². The van der Waals surface area contributed by atoms with Crippen molar-refractivity contribution in [3.8, 4) is 11.4 Å². The van der Waals surface area contributed by atoms with E-state index < -0.39 is 5.82 Å². The van der Waals surface area contributed by atoms with Gasteiger partial charge in [0.1, 0.15) is 5.82 Å². The van der Waals surface area contributed by atoms with Crippen LogP contribution in [0, 0.1) is 5.82 Å². The lowest BCUT2D eigenvalue weighted by Crippen LogP contribution is -2.31. The van der Waals surface area contributed by atoms with Gasteiger partial charge in [-0.15, -0.1) is 0 Å². The van der Waals surface area contributed by atoms with Crippen molar-refractivity contribution in [2.24, 2.45) is 0 Å². The van der Waals surface area contributed by atoms with Gasteiger partial charge in [-0.05, 0) is 58.9 Å². The summed E-state index contributed by atoms with van der Waals surface area (Å²) in [6.45, 7) is 1.78. The van der Waals surface area contributed by atoms with Crippen molar-refractivity contribution in [2.75, 3.05) is 18.0 Å². The highest BCUT2D eigenvalue weighted by Crippen LogP contribution is 2.27. The smallest absolute Gasteiger partial charge is 0.230 e. The van der Waals surface area contributed by atoms with Gasteiger partial charge < -0.3 is 4.90 Å². The van der Waals surface area contributed by atoms with E-state index in [9.17, 15) is 4.39 Å². The minimum absolute atomic E-state index is 0.0833. The molecule has 0 radical (unpaired) electrons. The molecule has 0 aliphatic carbocycles. The van der Waals surface area contributed by atoms with Gasteiger partial charge >= 0.3 is 0 Å². The molecule has 0 unspecified atom stereocenters. The molecule has 0 saturated carbocycles. The molecule has 0 bridgehead atoms. The van der Waals surface area contributed by atoms with Crippen LogP contribution in [-0.2, 0) is 0 Å². The lowest BCUT2D eigenvalue weighted by Gasteiger charge is -2.26. The van der Waals surface area contributed by atoms with Crippen LogP contribution >= 0.6 is 27.5 Å². The highest BCUT2D eigenvalue weighted by Gasteiger charge is 2.18. The van der Waals surface area contributed by atoms with E-state index in [4.69, 9.17) is 11.6 Å². The number of hydrogen-bond acceptors (Lipinski definition) is 4. The van der Waals surface area contributed by atoms with Gasteiger partial charge in [0.2, 0.25) is 11.2 Å². The Morgan fingerprint density at radius 3 is 2.62 bits per heavy atom. The maximum Gasteiger partial charge on any atom is 0.230 e. The van der Waals surface area contributed by atoms with Crippen molar-refractivity contribution in [3.05, 3.63) is 33.8 Å². The van der Waals surface area contributed by atoms with E-state index >= 15 is 0 Å². The van der Waals surface area contributed by atoms with Crippen molar-refractivity contribution < 1.29 is 4.39 Å². The Labute approximate surface area is 135 Å². The lowest BCUT2D eigenvalue weighted by atomic mass is 10.1. The Kier molecular flexibility index (Phi) is 4.35. The predicted octanol–water partition coefficient (Wildman–Crippen LogP) is 4.08. The van der Waals surface area contributed by atoms with Crippen LogP contribution in [0.1, 0.15) is 19.3 Å². The van der Waals surface area contributed by atoms with Crippen LogP contribution in [0.2, 0.25) is 5.28 Å². The number of anilines is 1. The second-order valence-electron chi connectivity index (χ2n) is 4.88. The summed E-state index contributed by atoms with van der Waals surface area (Å²) < 4.78 is 14.6. The van der Waals surface area contributed by atoms with Crippen molar-refractivity contribution in [1.29, 1.82) is 0 Å². The van der Waals surface area contributed by atoms with Gasteiger partial charge in [-0.1, -0.05) is 6.07 Å². The van der Waals surface area contributed by atoms with Crippen LogP contribution < -0.4 is 4.90 Å². The summed E-state index contributed by atoms with van der Waals surface area (Å²) >= 11 is 9.16. The summed E-state index contributed by atoms with van der Waals surface area (Å²) in [7, 11) is 0. The first-order valence-electron chi connectivity index (χ1n) is 6.76. The normalized spacial score (nSPS) is 15.3. The summed E-state index contributed by atoms with van der Waals surface area (Å²) in [5, 5.41) is 0.0833. The summed E-state index contributed by atoms with van der Waals surface area (Å²) in [5.41, 5.74) is 0.312. The van der Waals surface area contributed by atoms with Gasteiger partial charge in [0.25, 0.3) is 0 Å². The molecule has 1 aliphatic heterocycles. The Balaban J connectivity index is 2.03. The molecule has 1 fully saturated rings. The Morgan fingerprint density at radius 1 is 1.10 bits per heavy atom. The number of rotatable bonds is 2. The third-order valence-electron chi connectivity index (χ3n) is 3.43. The molecule has 0 N–H and O–H groups in total. The standard InChI is InChI=1S/C14H13BrClFN4/c15-10-6-4-5-9(11(10)17)12-18-13(16)20-14(19-12)21-7-2-1-3-8-21/h4-6H,1-3,7-8H2. The molecule has 2 heterocycles. The Morgan fingerprint density at radius 2 is 1.86 bits per heavy atom. The third-order valence-corrected chi connectivity index (χ3v) is 4.21. The van der Waals surface area contributed by atoms with Gasteiger partial charge in [-0.25, -0.2) is 4.39 Å². The van der Waals surface area contributed by atoms with Gasteiger partial charge in [0, 0.05) is 13.1 Å². The molecule has 4 nitrogen and oxygen atoms in total. The molecule has 21 heavy (non-hydrogen) atoms. The van der Waals surface area contributed by atoms with Gasteiger partial charge in [-0.2, -0.15) is 15.0 Å². The second kappa shape index (κ2) is 6.23. The number of aromatic nitrogens is 3.